The van der Waals surface area contributed by atoms with Crippen LogP contribution in [0.5, 0.6) is 0 Å². The Kier molecular flexibility index (Phi) is 4.37. The summed E-state index contributed by atoms with van der Waals surface area (Å²) in [5, 5.41) is 13.5. The van der Waals surface area contributed by atoms with Crippen molar-refractivity contribution in [2.24, 2.45) is 5.92 Å². The predicted octanol–water partition coefficient (Wildman–Crippen LogP) is 1.92. The minimum absolute atomic E-state index is 0.122. The number of aryl methyl sites for hydroxylation is 1. The summed E-state index contributed by atoms with van der Waals surface area (Å²) >= 11 is 1.68. The summed E-state index contributed by atoms with van der Waals surface area (Å²) in [4.78, 5) is 15.6. The molecule has 1 amide bonds. The van der Waals surface area contributed by atoms with Gasteiger partial charge in [0.25, 0.3) is 0 Å². The SMILES string of the molecule is Cc1ccsc1-c1cn(CCNC(=O)CN2CC3CCC2C3)nn1. The molecule has 2 unspecified atom stereocenters. The van der Waals surface area contributed by atoms with Crippen molar-refractivity contribution in [2.75, 3.05) is 19.6 Å². The van der Waals surface area contributed by atoms with Gasteiger partial charge in [-0.15, -0.1) is 16.4 Å². The summed E-state index contributed by atoms with van der Waals surface area (Å²) in [6, 6.07) is 2.73. The number of piperidine rings is 1. The molecule has 1 saturated carbocycles. The van der Waals surface area contributed by atoms with Gasteiger partial charge in [0.1, 0.15) is 5.69 Å². The second-order valence-corrected chi connectivity index (χ2v) is 7.83. The van der Waals surface area contributed by atoms with Gasteiger partial charge in [-0.05, 0) is 49.1 Å². The molecule has 2 atom stereocenters. The average molecular weight is 345 g/mol. The molecule has 6 nitrogen and oxygen atoms in total. The maximum absolute atomic E-state index is 12.1. The summed E-state index contributed by atoms with van der Waals surface area (Å²) in [5.41, 5.74) is 2.13. The molecule has 1 saturated heterocycles. The van der Waals surface area contributed by atoms with Crippen LogP contribution in [0, 0.1) is 12.8 Å². The fourth-order valence-electron chi connectivity index (χ4n) is 3.92. The summed E-state index contributed by atoms with van der Waals surface area (Å²) in [5.74, 6) is 0.953. The molecule has 0 aromatic carbocycles. The zero-order valence-electron chi connectivity index (χ0n) is 13.9. The Morgan fingerprint density at radius 3 is 3.08 bits per heavy atom. The number of hydrogen-bond acceptors (Lipinski definition) is 5. The van der Waals surface area contributed by atoms with Crippen molar-refractivity contribution in [1.29, 1.82) is 0 Å². The molecular weight excluding hydrogens is 322 g/mol. The maximum atomic E-state index is 12.1. The number of hydrogen-bond donors (Lipinski definition) is 1. The van der Waals surface area contributed by atoms with E-state index >= 15 is 0 Å². The lowest BCUT2D eigenvalue weighted by Gasteiger charge is -2.25. The minimum atomic E-state index is 0.122. The highest BCUT2D eigenvalue weighted by Gasteiger charge is 2.38. The monoisotopic (exact) mass is 345 g/mol. The number of aromatic nitrogens is 3. The van der Waals surface area contributed by atoms with Crippen LogP contribution in [-0.2, 0) is 11.3 Å². The van der Waals surface area contributed by atoms with E-state index in [2.05, 4.69) is 38.9 Å². The van der Waals surface area contributed by atoms with Crippen LogP contribution in [0.1, 0.15) is 24.8 Å². The largest absolute Gasteiger partial charge is 0.353 e. The van der Waals surface area contributed by atoms with Crippen LogP contribution in [0.25, 0.3) is 10.6 Å². The third-order valence-corrected chi connectivity index (χ3v) is 6.20. The van der Waals surface area contributed by atoms with Crippen LogP contribution in [0.2, 0.25) is 0 Å². The molecule has 7 heteroatoms. The minimum Gasteiger partial charge on any atom is -0.353 e. The molecule has 1 N–H and O–H groups in total. The number of fused-ring (bicyclic) bond motifs is 2. The first-order valence-electron chi connectivity index (χ1n) is 8.64. The first kappa shape index (κ1) is 15.8. The molecule has 2 bridgehead atoms. The fourth-order valence-corrected chi connectivity index (χ4v) is 4.79. The Morgan fingerprint density at radius 1 is 1.46 bits per heavy atom. The Hall–Kier alpha value is -1.73. The van der Waals surface area contributed by atoms with E-state index in [0.29, 0.717) is 25.7 Å². The number of carbonyl (C=O) groups excluding carboxylic acids is 1. The van der Waals surface area contributed by atoms with E-state index in [1.807, 2.05) is 6.20 Å². The van der Waals surface area contributed by atoms with Gasteiger partial charge < -0.3 is 5.32 Å². The molecule has 2 aliphatic rings. The van der Waals surface area contributed by atoms with Gasteiger partial charge in [0, 0.05) is 19.1 Å². The molecule has 2 aromatic heterocycles. The van der Waals surface area contributed by atoms with Crippen LogP contribution in [0.3, 0.4) is 0 Å². The molecule has 0 spiro atoms. The highest BCUT2D eigenvalue weighted by atomic mass is 32.1. The van der Waals surface area contributed by atoms with Crippen LogP contribution in [0.15, 0.2) is 17.6 Å². The molecule has 3 heterocycles. The summed E-state index contributed by atoms with van der Waals surface area (Å²) in [6.07, 6.45) is 5.85. The second kappa shape index (κ2) is 6.64. The zero-order chi connectivity index (χ0) is 16.5. The predicted molar refractivity (Wildman–Crippen MR) is 93.8 cm³/mol. The number of carbonyl (C=O) groups is 1. The molecule has 24 heavy (non-hydrogen) atoms. The number of thiophene rings is 1. The molecule has 1 aliphatic heterocycles. The van der Waals surface area contributed by atoms with Crippen molar-refractivity contribution in [2.45, 2.75) is 38.8 Å². The van der Waals surface area contributed by atoms with E-state index in [1.54, 1.807) is 16.0 Å². The van der Waals surface area contributed by atoms with Gasteiger partial charge in [-0.3, -0.25) is 14.4 Å². The normalized spacial score (nSPS) is 23.0. The molecule has 2 fully saturated rings. The van der Waals surface area contributed by atoms with Gasteiger partial charge in [-0.2, -0.15) is 0 Å². The lowest BCUT2D eigenvalue weighted by molar-refractivity contribution is -0.122. The molecule has 0 radical (unpaired) electrons. The maximum Gasteiger partial charge on any atom is 0.234 e. The lowest BCUT2D eigenvalue weighted by Crippen LogP contribution is -2.41. The third kappa shape index (κ3) is 3.23. The molecule has 4 rings (SSSR count). The van der Waals surface area contributed by atoms with E-state index in [9.17, 15) is 4.79 Å². The zero-order valence-corrected chi connectivity index (χ0v) is 14.8. The Bertz CT molecular complexity index is 724. The Labute approximate surface area is 145 Å². The highest BCUT2D eigenvalue weighted by molar-refractivity contribution is 7.13. The van der Waals surface area contributed by atoms with Crippen molar-refractivity contribution in [1.82, 2.24) is 25.2 Å². The Morgan fingerprint density at radius 2 is 2.38 bits per heavy atom. The van der Waals surface area contributed by atoms with E-state index in [0.717, 1.165) is 23.0 Å². The van der Waals surface area contributed by atoms with Crippen LogP contribution in [-0.4, -0.2) is 51.5 Å². The van der Waals surface area contributed by atoms with Crippen molar-refractivity contribution in [3.05, 3.63) is 23.2 Å². The number of amides is 1. The number of likely N-dealkylation sites (tertiary alicyclic amines) is 1. The quantitative estimate of drug-likeness (QED) is 0.869. The average Bonchev–Trinajstić information content (AvgIpc) is 3.31. The van der Waals surface area contributed by atoms with E-state index < -0.39 is 0 Å². The third-order valence-electron chi connectivity index (χ3n) is 5.17. The van der Waals surface area contributed by atoms with Crippen LogP contribution in [0.4, 0.5) is 0 Å². The molecular formula is C17H23N5OS. The second-order valence-electron chi connectivity index (χ2n) is 6.91. The van der Waals surface area contributed by atoms with Gasteiger partial charge in [-0.25, -0.2) is 0 Å². The number of nitrogens with zero attached hydrogens (tertiary/aromatic N) is 4. The van der Waals surface area contributed by atoms with E-state index in [4.69, 9.17) is 0 Å². The van der Waals surface area contributed by atoms with Gasteiger partial charge in [0.15, 0.2) is 0 Å². The van der Waals surface area contributed by atoms with Crippen molar-refractivity contribution in [3.8, 4) is 10.6 Å². The summed E-state index contributed by atoms with van der Waals surface area (Å²) < 4.78 is 1.80. The van der Waals surface area contributed by atoms with Crippen molar-refractivity contribution < 1.29 is 4.79 Å². The topological polar surface area (TPSA) is 63.1 Å². The number of nitrogens with one attached hydrogen (secondary N) is 1. The first-order valence-corrected chi connectivity index (χ1v) is 9.52. The molecule has 2 aromatic rings. The standard InChI is InChI=1S/C17H23N5OS/c1-12-4-7-24-17(12)15-10-22(20-19-15)6-5-18-16(23)11-21-9-13-2-3-14(21)8-13/h4,7,10,13-14H,2-3,5-6,8-9,11H2,1H3,(H,18,23). The summed E-state index contributed by atoms with van der Waals surface area (Å²) in [7, 11) is 0. The first-order chi connectivity index (χ1) is 11.7. The van der Waals surface area contributed by atoms with Crippen molar-refractivity contribution >= 4 is 17.2 Å². The van der Waals surface area contributed by atoms with E-state index in [-0.39, 0.29) is 5.91 Å². The van der Waals surface area contributed by atoms with Crippen molar-refractivity contribution in [3.63, 3.8) is 0 Å². The molecule has 1 aliphatic carbocycles. The Balaban J connectivity index is 1.23. The summed E-state index contributed by atoms with van der Waals surface area (Å²) in [6.45, 7) is 4.96. The fraction of sp³-hybridized carbons (Fsp3) is 0.588. The highest BCUT2D eigenvalue weighted by Crippen LogP contribution is 2.36. The van der Waals surface area contributed by atoms with Gasteiger partial charge in [-0.1, -0.05) is 5.21 Å². The number of rotatable bonds is 6. The van der Waals surface area contributed by atoms with Crippen LogP contribution < -0.4 is 5.32 Å². The smallest absolute Gasteiger partial charge is 0.234 e. The molecule has 128 valence electrons. The van der Waals surface area contributed by atoms with Gasteiger partial charge in [0.2, 0.25) is 5.91 Å². The lowest BCUT2D eigenvalue weighted by atomic mass is 10.1. The van der Waals surface area contributed by atoms with E-state index in [1.165, 1.54) is 24.8 Å². The van der Waals surface area contributed by atoms with Gasteiger partial charge in [0.05, 0.1) is 24.2 Å². The van der Waals surface area contributed by atoms with Crippen LogP contribution >= 0.6 is 11.3 Å². The van der Waals surface area contributed by atoms with Gasteiger partial charge >= 0.3 is 0 Å².